The third-order valence-corrected chi connectivity index (χ3v) is 5.13. The Morgan fingerprint density at radius 1 is 0.897 bits per heavy atom. The van der Waals surface area contributed by atoms with E-state index < -0.39 is 0 Å². The van der Waals surface area contributed by atoms with Gasteiger partial charge in [0.2, 0.25) is 11.8 Å². The molecule has 2 aromatic rings. The summed E-state index contributed by atoms with van der Waals surface area (Å²) < 4.78 is 0. The second kappa shape index (κ2) is 11.2. The van der Waals surface area contributed by atoms with Crippen LogP contribution in [-0.4, -0.2) is 54.9 Å². The largest absolute Gasteiger partial charge is 0.372 e. The molecule has 2 rings (SSSR count). The molecule has 29 heavy (non-hydrogen) atoms. The van der Waals surface area contributed by atoms with Crippen LogP contribution < -0.4 is 9.80 Å². The molecule has 0 aliphatic rings. The number of pyridine rings is 1. The Balaban J connectivity index is 1.92. The molecule has 156 valence electrons. The third kappa shape index (κ3) is 6.59. The van der Waals surface area contributed by atoms with Crippen LogP contribution in [0.5, 0.6) is 0 Å². The van der Waals surface area contributed by atoms with Gasteiger partial charge in [0, 0.05) is 70.3 Å². The van der Waals surface area contributed by atoms with E-state index in [1.165, 1.54) is 6.92 Å². The fraction of sp³-hybridized carbons (Fsp3) is 0.435. The zero-order valence-corrected chi connectivity index (χ0v) is 18.0. The summed E-state index contributed by atoms with van der Waals surface area (Å²) in [5, 5.41) is 0. The van der Waals surface area contributed by atoms with Crippen molar-refractivity contribution in [3.05, 3.63) is 54.4 Å². The Hall–Kier alpha value is -2.89. The molecule has 2 amide bonds. The van der Waals surface area contributed by atoms with Crippen LogP contribution in [0.1, 0.15) is 32.8 Å². The van der Waals surface area contributed by atoms with Crippen LogP contribution in [0.2, 0.25) is 0 Å². The van der Waals surface area contributed by atoms with Crippen molar-refractivity contribution >= 4 is 23.2 Å². The van der Waals surface area contributed by atoms with E-state index >= 15 is 0 Å². The lowest BCUT2D eigenvalue weighted by Gasteiger charge is -2.25. The van der Waals surface area contributed by atoms with Crippen molar-refractivity contribution in [2.24, 2.45) is 0 Å². The van der Waals surface area contributed by atoms with Crippen LogP contribution in [0, 0.1) is 0 Å². The molecule has 1 heterocycles. The number of nitrogens with zero attached hydrogens (tertiary/aromatic N) is 4. The van der Waals surface area contributed by atoms with E-state index in [0.29, 0.717) is 19.5 Å². The lowest BCUT2D eigenvalue weighted by molar-refractivity contribution is -0.129. The average Bonchev–Trinajstić information content (AvgIpc) is 2.74. The summed E-state index contributed by atoms with van der Waals surface area (Å²) in [7, 11) is 1.81. The van der Waals surface area contributed by atoms with Crippen molar-refractivity contribution in [3.63, 3.8) is 0 Å². The van der Waals surface area contributed by atoms with Crippen molar-refractivity contribution in [1.29, 1.82) is 0 Å². The van der Waals surface area contributed by atoms with Crippen LogP contribution in [0.25, 0.3) is 0 Å². The fourth-order valence-corrected chi connectivity index (χ4v) is 3.27. The molecule has 1 aromatic carbocycles. The van der Waals surface area contributed by atoms with Crippen LogP contribution in [0.15, 0.2) is 48.8 Å². The molecular formula is C23H32N4O2. The molecule has 0 atom stereocenters. The summed E-state index contributed by atoms with van der Waals surface area (Å²) in [6.45, 7) is 8.67. The first-order valence-corrected chi connectivity index (χ1v) is 10.2. The highest BCUT2D eigenvalue weighted by Crippen LogP contribution is 2.21. The maximum Gasteiger partial charge on any atom is 0.224 e. The predicted molar refractivity (Wildman–Crippen MR) is 118 cm³/mol. The molecule has 0 saturated heterocycles. The SMILES string of the molecule is CCN(CC)c1ccc(N(CCC(=O)N(C)CCc2ccncc2)C(C)=O)cc1. The van der Waals surface area contributed by atoms with E-state index in [0.717, 1.165) is 36.4 Å². The lowest BCUT2D eigenvalue weighted by atomic mass is 10.2. The Morgan fingerprint density at radius 3 is 2.03 bits per heavy atom. The number of carbonyl (C=O) groups is 2. The Bertz CT molecular complexity index is 773. The summed E-state index contributed by atoms with van der Waals surface area (Å²) in [5.41, 5.74) is 3.10. The van der Waals surface area contributed by atoms with Crippen molar-refractivity contribution in [3.8, 4) is 0 Å². The highest BCUT2D eigenvalue weighted by atomic mass is 16.2. The smallest absolute Gasteiger partial charge is 0.224 e. The Labute approximate surface area is 174 Å². The zero-order valence-electron chi connectivity index (χ0n) is 18.0. The van der Waals surface area contributed by atoms with Crippen molar-refractivity contribution < 1.29 is 9.59 Å². The summed E-state index contributed by atoms with van der Waals surface area (Å²) in [6.07, 6.45) is 4.60. The van der Waals surface area contributed by atoms with Gasteiger partial charge in [-0.15, -0.1) is 0 Å². The molecule has 0 N–H and O–H groups in total. The quantitative estimate of drug-likeness (QED) is 0.618. The van der Waals surface area contributed by atoms with Gasteiger partial charge in [-0.05, 0) is 62.2 Å². The molecule has 0 aliphatic heterocycles. The van der Waals surface area contributed by atoms with Crippen molar-refractivity contribution in [2.75, 3.05) is 43.0 Å². The van der Waals surface area contributed by atoms with Gasteiger partial charge in [0.25, 0.3) is 0 Å². The van der Waals surface area contributed by atoms with Gasteiger partial charge in [-0.1, -0.05) is 0 Å². The van der Waals surface area contributed by atoms with Gasteiger partial charge < -0.3 is 14.7 Å². The maximum absolute atomic E-state index is 12.5. The van der Waals surface area contributed by atoms with Gasteiger partial charge in [-0.2, -0.15) is 0 Å². The highest BCUT2D eigenvalue weighted by molar-refractivity contribution is 5.92. The van der Waals surface area contributed by atoms with Gasteiger partial charge in [0.1, 0.15) is 0 Å². The monoisotopic (exact) mass is 396 g/mol. The minimum absolute atomic E-state index is 0.0325. The van der Waals surface area contributed by atoms with Gasteiger partial charge in [-0.25, -0.2) is 0 Å². The van der Waals surface area contributed by atoms with E-state index in [9.17, 15) is 9.59 Å². The van der Waals surface area contributed by atoms with E-state index in [1.54, 1.807) is 29.2 Å². The molecule has 0 bridgehead atoms. The number of hydrogen-bond acceptors (Lipinski definition) is 4. The van der Waals surface area contributed by atoms with E-state index in [4.69, 9.17) is 0 Å². The standard InChI is InChI=1S/C23H32N4O2/c1-5-26(6-2)21-7-9-22(10-8-21)27(19(3)28)18-14-23(29)25(4)17-13-20-11-15-24-16-12-20/h7-12,15-16H,5-6,13-14,17-18H2,1-4H3. The number of benzene rings is 1. The summed E-state index contributed by atoms with van der Waals surface area (Å²) in [6, 6.07) is 11.9. The molecule has 0 unspecified atom stereocenters. The van der Waals surface area contributed by atoms with Crippen LogP contribution in [0.4, 0.5) is 11.4 Å². The molecule has 1 aromatic heterocycles. The first-order valence-electron chi connectivity index (χ1n) is 10.2. The second-order valence-corrected chi connectivity index (χ2v) is 7.03. The van der Waals surface area contributed by atoms with Gasteiger partial charge >= 0.3 is 0 Å². The number of amides is 2. The Kier molecular flexibility index (Phi) is 8.65. The van der Waals surface area contributed by atoms with Gasteiger partial charge in [0.05, 0.1) is 0 Å². The average molecular weight is 397 g/mol. The maximum atomic E-state index is 12.5. The number of hydrogen-bond donors (Lipinski definition) is 0. The second-order valence-electron chi connectivity index (χ2n) is 7.03. The molecule has 0 fully saturated rings. The van der Waals surface area contributed by atoms with E-state index in [1.807, 2.05) is 36.4 Å². The summed E-state index contributed by atoms with van der Waals surface area (Å²) in [5.74, 6) is -0.0297. The molecule has 0 saturated carbocycles. The molecule has 6 nitrogen and oxygen atoms in total. The minimum atomic E-state index is -0.0622. The van der Waals surface area contributed by atoms with Gasteiger partial charge in [0.15, 0.2) is 0 Å². The predicted octanol–water partition coefficient (Wildman–Crippen LogP) is 3.37. The van der Waals surface area contributed by atoms with Crippen LogP contribution >= 0.6 is 0 Å². The topological polar surface area (TPSA) is 56.8 Å². The zero-order chi connectivity index (χ0) is 21.2. The number of rotatable bonds is 10. The summed E-state index contributed by atoms with van der Waals surface area (Å²) >= 11 is 0. The number of likely N-dealkylation sites (N-methyl/N-ethyl adjacent to an activating group) is 1. The number of carbonyl (C=O) groups excluding carboxylic acids is 2. The highest BCUT2D eigenvalue weighted by Gasteiger charge is 2.16. The van der Waals surface area contributed by atoms with Crippen LogP contribution in [0.3, 0.4) is 0 Å². The summed E-state index contributed by atoms with van der Waals surface area (Å²) in [4.78, 5) is 34.3. The molecule has 0 spiro atoms. The first-order chi connectivity index (χ1) is 14.0. The third-order valence-electron chi connectivity index (χ3n) is 5.13. The van der Waals surface area contributed by atoms with Crippen molar-refractivity contribution in [2.45, 2.75) is 33.6 Å². The normalized spacial score (nSPS) is 10.5. The lowest BCUT2D eigenvalue weighted by Crippen LogP contribution is -2.35. The van der Waals surface area contributed by atoms with Crippen LogP contribution in [-0.2, 0) is 16.0 Å². The van der Waals surface area contributed by atoms with Crippen molar-refractivity contribution in [1.82, 2.24) is 9.88 Å². The van der Waals surface area contributed by atoms with E-state index in [2.05, 4.69) is 23.7 Å². The number of aromatic nitrogens is 1. The van der Waals surface area contributed by atoms with Gasteiger partial charge in [-0.3, -0.25) is 14.6 Å². The minimum Gasteiger partial charge on any atom is -0.372 e. The molecule has 0 aliphatic carbocycles. The number of anilines is 2. The molecule has 6 heteroatoms. The Morgan fingerprint density at radius 2 is 1.48 bits per heavy atom. The first kappa shape index (κ1) is 22.4. The van der Waals surface area contributed by atoms with E-state index in [-0.39, 0.29) is 11.8 Å². The molecule has 0 radical (unpaired) electrons. The fourth-order valence-electron chi connectivity index (χ4n) is 3.27. The molecular weight excluding hydrogens is 364 g/mol.